The van der Waals surface area contributed by atoms with E-state index < -0.39 is 0 Å². The first-order valence-corrected chi connectivity index (χ1v) is 4.94. The van der Waals surface area contributed by atoms with E-state index in [4.69, 9.17) is 0 Å². The van der Waals surface area contributed by atoms with Crippen LogP contribution in [0.15, 0.2) is 11.6 Å². The molecule has 0 aromatic heterocycles. The molecule has 1 atom stereocenters. The second kappa shape index (κ2) is 3.94. The van der Waals surface area contributed by atoms with Gasteiger partial charge < -0.3 is 0 Å². The van der Waals surface area contributed by atoms with Gasteiger partial charge in [-0.15, -0.1) is 0 Å². The molecule has 0 bridgehead atoms. The number of rotatable bonds is 2. The van der Waals surface area contributed by atoms with Gasteiger partial charge in [0.1, 0.15) is 0 Å². The summed E-state index contributed by atoms with van der Waals surface area (Å²) in [6, 6.07) is 0. The fourth-order valence-electron chi connectivity index (χ4n) is 2.06. The molecule has 1 unspecified atom stereocenters. The average molecular weight is 152 g/mol. The van der Waals surface area contributed by atoms with Gasteiger partial charge in [0.15, 0.2) is 0 Å². The molecule has 0 aromatic rings. The van der Waals surface area contributed by atoms with Gasteiger partial charge in [0.2, 0.25) is 0 Å². The summed E-state index contributed by atoms with van der Waals surface area (Å²) in [5.41, 5.74) is 1.74. The van der Waals surface area contributed by atoms with Crippen LogP contribution in [0.5, 0.6) is 0 Å². The molecular formula is C11H20. The van der Waals surface area contributed by atoms with Crippen LogP contribution in [0.1, 0.15) is 46.5 Å². The zero-order chi connectivity index (χ0) is 8.27. The predicted molar refractivity (Wildman–Crippen MR) is 50.6 cm³/mol. The van der Waals surface area contributed by atoms with Gasteiger partial charge in [-0.3, -0.25) is 0 Å². The van der Waals surface area contributed by atoms with E-state index in [1.54, 1.807) is 5.57 Å². The largest absolute Gasteiger partial charge is 0.0825 e. The first-order valence-electron chi connectivity index (χ1n) is 4.94. The van der Waals surface area contributed by atoms with Gasteiger partial charge in [-0.25, -0.2) is 0 Å². The molecular weight excluding hydrogens is 132 g/mol. The Morgan fingerprint density at radius 2 is 2.27 bits per heavy atom. The van der Waals surface area contributed by atoms with Crippen LogP contribution >= 0.6 is 0 Å². The molecule has 11 heavy (non-hydrogen) atoms. The normalized spacial score (nSPS) is 28.7. The summed E-state index contributed by atoms with van der Waals surface area (Å²) < 4.78 is 0. The van der Waals surface area contributed by atoms with Crippen molar-refractivity contribution in [2.75, 3.05) is 0 Å². The summed E-state index contributed by atoms with van der Waals surface area (Å²) >= 11 is 0. The minimum Gasteiger partial charge on any atom is -0.0825 e. The van der Waals surface area contributed by atoms with E-state index in [-0.39, 0.29) is 0 Å². The lowest BCUT2D eigenvalue weighted by Crippen LogP contribution is -1.95. The Hall–Kier alpha value is -0.260. The van der Waals surface area contributed by atoms with Crippen molar-refractivity contribution in [3.8, 4) is 0 Å². The standard InChI is InChI=1S/C11H20/c1-4-10-6-5-7-11(10)8-9(2)3/h8-10H,4-7H2,1-3H3/b11-8-. The van der Waals surface area contributed by atoms with Crippen LogP contribution in [-0.4, -0.2) is 0 Å². The molecule has 0 heterocycles. The summed E-state index contributed by atoms with van der Waals surface area (Å²) in [7, 11) is 0. The Balaban J connectivity index is 2.55. The second-order valence-electron chi connectivity index (χ2n) is 3.98. The SMILES string of the molecule is CCC1CCC/C1=C/C(C)C. The molecule has 0 heteroatoms. The van der Waals surface area contributed by atoms with Gasteiger partial charge in [-0.2, -0.15) is 0 Å². The summed E-state index contributed by atoms with van der Waals surface area (Å²) in [6.45, 7) is 6.86. The average Bonchev–Trinajstić information content (AvgIpc) is 2.34. The van der Waals surface area contributed by atoms with Crippen molar-refractivity contribution in [2.24, 2.45) is 11.8 Å². The maximum atomic E-state index is 2.47. The second-order valence-corrected chi connectivity index (χ2v) is 3.98. The van der Waals surface area contributed by atoms with Gasteiger partial charge in [0, 0.05) is 0 Å². The van der Waals surface area contributed by atoms with E-state index in [0.717, 1.165) is 11.8 Å². The van der Waals surface area contributed by atoms with Gasteiger partial charge in [0.25, 0.3) is 0 Å². The van der Waals surface area contributed by atoms with Crippen LogP contribution in [0.2, 0.25) is 0 Å². The van der Waals surface area contributed by atoms with Crippen LogP contribution in [-0.2, 0) is 0 Å². The Morgan fingerprint density at radius 3 is 2.82 bits per heavy atom. The molecule has 0 aliphatic heterocycles. The molecule has 0 nitrogen and oxygen atoms in total. The summed E-state index contributed by atoms with van der Waals surface area (Å²) in [5.74, 6) is 1.68. The smallest absolute Gasteiger partial charge is 0.0206 e. The minimum absolute atomic E-state index is 0.747. The van der Waals surface area contributed by atoms with Crippen LogP contribution in [0.25, 0.3) is 0 Å². The lowest BCUT2D eigenvalue weighted by atomic mass is 9.97. The highest BCUT2D eigenvalue weighted by atomic mass is 14.2. The summed E-state index contributed by atoms with van der Waals surface area (Å²) in [6.07, 6.45) is 8.06. The fourth-order valence-corrected chi connectivity index (χ4v) is 2.06. The number of hydrogen-bond donors (Lipinski definition) is 0. The fraction of sp³-hybridized carbons (Fsp3) is 0.818. The van der Waals surface area contributed by atoms with E-state index in [2.05, 4.69) is 26.8 Å². The minimum atomic E-state index is 0.747. The van der Waals surface area contributed by atoms with Crippen molar-refractivity contribution in [1.82, 2.24) is 0 Å². The van der Waals surface area contributed by atoms with Crippen molar-refractivity contribution < 1.29 is 0 Å². The Bertz CT molecular complexity index is 142. The van der Waals surface area contributed by atoms with E-state index >= 15 is 0 Å². The van der Waals surface area contributed by atoms with Crippen LogP contribution < -0.4 is 0 Å². The monoisotopic (exact) mass is 152 g/mol. The number of allylic oxidation sites excluding steroid dienone is 2. The van der Waals surface area contributed by atoms with Crippen molar-refractivity contribution >= 4 is 0 Å². The summed E-state index contributed by atoms with van der Waals surface area (Å²) in [4.78, 5) is 0. The maximum Gasteiger partial charge on any atom is -0.0206 e. The highest BCUT2D eigenvalue weighted by Crippen LogP contribution is 2.33. The predicted octanol–water partition coefficient (Wildman–Crippen LogP) is 3.78. The third-order valence-electron chi connectivity index (χ3n) is 2.58. The molecule has 0 amide bonds. The lowest BCUT2D eigenvalue weighted by Gasteiger charge is -2.09. The molecule has 0 aromatic carbocycles. The van der Waals surface area contributed by atoms with Crippen molar-refractivity contribution in [3.63, 3.8) is 0 Å². The molecule has 1 aliphatic carbocycles. The third kappa shape index (κ3) is 2.36. The number of hydrogen-bond acceptors (Lipinski definition) is 0. The van der Waals surface area contributed by atoms with E-state index in [9.17, 15) is 0 Å². The molecule has 1 fully saturated rings. The molecule has 0 radical (unpaired) electrons. The lowest BCUT2D eigenvalue weighted by molar-refractivity contribution is 0.600. The molecule has 1 rings (SSSR count). The first-order chi connectivity index (χ1) is 5.24. The van der Waals surface area contributed by atoms with E-state index in [1.165, 1.54) is 25.7 Å². The quantitative estimate of drug-likeness (QED) is 0.528. The van der Waals surface area contributed by atoms with Crippen LogP contribution in [0, 0.1) is 11.8 Å². The molecule has 0 spiro atoms. The zero-order valence-corrected chi connectivity index (χ0v) is 8.06. The topological polar surface area (TPSA) is 0 Å². The van der Waals surface area contributed by atoms with Crippen molar-refractivity contribution in [1.29, 1.82) is 0 Å². The Labute approximate surface area is 70.7 Å². The summed E-state index contributed by atoms with van der Waals surface area (Å²) in [5, 5.41) is 0. The van der Waals surface area contributed by atoms with Crippen molar-refractivity contribution in [2.45, 2.75) is 46.5 Å². The molecule has 0 saturated heterocycles. The third-order valence-corrected chi connectivity index (χ3v) is 2.58. The van der Waals surface area contributed by atoms with E-state index in [1.807, 2.05) is 0 Å². The van der Waals surface area contributed by atoms with E-state index in [0.29, 0.717) is 0 Å². The van der Waals surface area contributed by atoms with Crippen LogP contribution in [0.4, 0.5) is 0 Å². The Kier molecular flexibility index (Phi) is 3.16. The van der Waals surface area contributed by atoms with Gasteiger partial charge in [-0.05, 0) is 37.5 Å². The maximum absolute atomic E-state index is 2.47. The van der Waals surface area contributed by atoms with Crippen molar-refractivity contribution in [3.05, 3.63) is 11.6 Å². The van der Waals surface area contributed by atoms with Gasteiger partial charge in [0.05, 0.1) is 0 Å². The first kappa shape index (κ1) is 8.83. The zero-order valence-electron chi connectivity index (χ0n) is 8.06. The van der Waals surface area contributed by atoms with Gasteiger partial charge in [-0.1, -0.05) is 32.4 Å². The van der Waals surface area contributed by atoms with Crippen LogP contribution in [0.3, 0.4) is 0 Å². The Morgan fingerprint density at radius 1 is 1.55 bits per heavy atom. The molecule has 1 saturated carbocycles. The molecule has 0 N–H and O–H groups in total. The molecule has 1 aliphatic rings. The molecule has 64 valence electrons. The highest BCUT2D eigenvalue weighted by molar-refractivity contribution is 5.11. The highest BCUT2D eigenvalue weighted by Gasteiger charge is 2.18. The van der Waals surface area contributed by atoms with Gasteiger partial charge >= 0.3 is 0 Å².